The lowest BCUT2D eigenvalue weighted by molar-refractivity contribution is -0.122. The summed E-state index contributed by atoms with van der Waals surface area (Å²) in [4.78, 5) is 12.6. The van der Waals surface area contributed by atoms with Crippen molar-refractivity contribution >= 4 is 21.6 Å². The van der Waals surface area contributed by atoms with Crippen LogP contribution in [-0.4, -0.2) is 46.4 Å². The molecule has 0 radical (unpaired) electrons. The second-order valence-corrected chi connectivity index (χ2v) is 8.47. The molecule has 29 heavy (non-hydrogen) atoms. The second-order valence-electron chi connectivity index (χ2n) is 6.61. The molecule has 2 aromatic rings. The summed E-state index contributed by atoms with van der Waals surface area (Å²) in [6, 6.07) is 10.6. The number of methoxy groups -OCH3 is 1. The Hall–Kier alpha value is -2.81. The van der Waals surface area contributed by atoms with E-state index < -0.39 is 27.8 Å². The molecule has 2 rings (SSSR count). The van der Waals surface area contributed by atoms with Crippen molar-refractivity contribution in [3.8, 4) is 11.5 Å². The van der Waals surface area contributed by atoms with Crippen LogP contribution in [0.15, 0.2) is 48.5 Å². The van der Waals surface area contributed by atoms with Crippen LogP contribution in [0.25, 0.3) is 0 Å². The van der Waals surface area contributed by atoms with Gasteiger partial charge in [-0.2, -0.15) is 0 Å². The Labute approximate surface area is 170 Å². The molecule has 158 valence electrons. The first-order valence-corrected chi connectivity index (χ1v) is 10.8. The molecule has 0 unspecified atom stereocenters. The van der Waals surface area contributed by atoms with E-state index in [1.165, 1.54) is 25.1 Å². The number of amides is 1. The zero-order valence-electron chi connectivity index (χ0n) is 16.8. The van der Waals surface area contributed by atoms with Crippen LogP contribution >= 0.6 is 0 Å². The highest BCUT2D eigenvalue weighted by molar-refractivity contribution is 7.92. The lowest BCUT2D eigenvalue weighted by atomic mass is 10.2. The Balaban J connectivity index is 2.02. The first kappa shape index (κ1) is 22.5. The van der Waals surface area contributed by atoms with E-state index >= 15 is 0 Å². The van der Waals surface area contributed by atoms with Crippen LogP contribution in [0.3, 0.4) is 0 Å². The van der Waals surface area contributed by atoms with Gasteiger partial charge in [0.1, 0.15) is 30.0 Å². The standard InChI is InChI=1S/C20H25FN2O5S/c1-14(13-28-19-10-8-18(27-3)9-11-19)22-20(24)15(2)23(29(4,25)26)17-7-5-6-16(21)12-17/h5-12,14-15H,13H2,1-4H3,(H,22,24)/t14-,15+/m0/s1. The predicted octanol–water partition coefficient (Wildman–Crippen LogP) is 2.57. The number of carbonyl (C=O) groups excluding carboxylic acids is 1. The predicted molar refractivity (Wildman–Crippen MR) is 109 cm³/mol. The number of hydrogen-bond acceptors (Lipinski definition) is 5. The molecule has 0 bridgehead atoms. The van der Waals surface area contributed by atoms with Crippen LogP contribution in [0.4, 0.5) is 10.1 Å². The number of hydrogen-bond donors (Lipinski definition) is 1. The van der Waals surface area contributed by atoms with Crippen LogP contribution in [0.1, 0.15) is 13.8 Å². The molecule has 1 amide bonds. The molecule has 9 heteroatoms. The third kappa shape index (κ3) is 6.35. The lowest BCUT2D eigenvalue weighted by Gasteiger charge is -2.29. The van der Waals surface area contributed by atoms with Gasteiger partial charge in [0.25, 0.3) is 0 Å². The molecule has 0 heterocycles. The molecule has 2 atom stereocenters. The highest BCUT2D eigenvalue weighted by Gasteiger charge is 2.30. The largest absolute Gasteiger partial charge is 0.497 e. The fraction of sp³-hybridized carbons (Fsp3) is 0.350. The third-order valence-corrected chi connectivity index (χ3v) is 5.34. The van der Waals surface area contributed by atoms with Crippen molar-refractivity contribution in [1.29, 1.82) is 0 Å². The first-order valence-electron chi connectivity index (χ1n) is 8.94. The molecule has 0 aliphatic carbocycles. The third-order valence-electron chi connectivity index (χ3n) is 4.10. The SMILES string of the molecule is COc1ccc(OC[C@H](C)NC(=O)[C@@H](C)N(c2cccc(F)c2)S(C)(=O)=O)cc1. The van der Waals surface area contributed by atoms with Gasteiger partial charge >= 0.3 is 0 Å². The second kappa shape index (κ2) is 9.60. The van der Waals surface area contributed by atoms with Gasteiger partial charge in [-0.15, -0.1) is 0 Å². The molecule has 0 aliphatic heterocycles. The average Bonchev–Trinajstić information content (AvgIpc) is 2.65. The normalized spacial score (nSPS) is 13.3. The number of halogens is 1. The van der Waals surface area contributed by atoms with E-state index in [1.807, 2.05) is 0 Å². The van der Waals surface area contributed by atoms with Crippen LogP contribution in [0.2, 0.25) is 0 Å². The minimum absolute atomic E-state index is 0.0808. The Kier molecular flexibility index (Phi) is 7.44. The molecule has 0 aromatic heterocycles. The number of nitrogens with zero attached hydrogens (tertiary/aromatic N) is 1. The highest BCUT2D eigenvalue weighted by Crippen LogP contribution is 2.22. The van der Waals surface area contributed by atoms with Crippen molar-refractivity contribution in [1.82, 2.24) is 5.32 Å². The molecule has 0 saturated heterocycles. The van der Waals surface area contributed by atoms with Crippen molar-refractivity contribution in [2.24, 2.45) is 0 Å². The van der Waals surface area contributed by atoms with Gasteiger partial charge in [0.2, 0.25) is 15.9 Å². The molecule has 0 fully saturated rings. The number of rotatable bonds is 9. The van der Waals surface area contributed by atoms with Gasteiger partial charge in [0.15, 0.2) is 0 Å². The number of anilines is 1. The smallest absolute Gasteiger partial charge is 0.243 e. The summed E-state index contributed by atoms with van der Waals surface area (Å²) in [5, 5.41) is 2.72. The Morgan fingerprint density at radius 2 is 1.76 bits per heavy atom. The topological polar surface area (TPSA) is 84.9 Å². The van der Waals surface area contributed by atoms with Crippen LogP contribution in [0.5, 0.6) is 11.5 Å². The van der Waals surface area contributed by atoms with E-state index in [-0.39, 0.29) is 18.3 Å². The molecular formula is C20H25FN2O5S. The molecular weight excluding hydrogens is 399 g/mol. The van der Waals surface area contributed by atoms with Gasteiger partial charge in [-0.05, 0) is 56.3 Å². The monoisotopic (exact) mass is 424 g/mol. The van der Waals surface area contributed by atoms with Crippen LogP contribution in [0, 0.1) is 5.82 Å². The summed E-state index contributed by atoms with van der Waals surface area (Å²) in [5.41, 5.74) is 0.0808. The fourth-order valence-electron chi connectivity index (χ4n) is 2.72. The maximum absolute atomic E-state index is 13.6. The van der Waals surface area contributed by atoms with Gasteiger partial charge in [-0.1, -0.05) is 6.07 Å². The quantitative estimate of drug-likeness (QED) is 0.669. The van der Waals surface area contributed by atoms with Crippen molar-refractivity contribution in [3.05, 3.63) is 54.3 Å². The van der Waals surface area contributed by atoms with Crippen molar-refractivity contribution < 1.29 is 27.1 Å². The summed E-state index contributed by atoms with van der Waals surface area (Å²) in [5.74, 6) is 0.193. The average molecular weight is 424 g/mol. The van der Waals surface area contributed by atoms with Gasteiger partial charge in [-0.3, -0.25) is 9.10 Å². The number of nitrogens with one attached hydrogen (secondary N) is 1. The fourth-order valence-corrected chi connectivity index (χ4v) is 3.89. The first-order chi connectivity index (χ1) is 13.6. The van der Waals surface area contributed by atoms with Gasteiger partial charge in [0.05, 0.1) is 25.1 Å². The van der Waals surface area contributed by atoms with E-state index in [2.05, 4.69) is 5.32 Å². The lowest BCUT2D eigenvalue weighted by Crippen LogP contribution is -2.50. The number of benzene rings is 2. The zero-order valence-corrected chi connectivity index (χ0v) is 17.6. The van der Waals surface area contributed by atoms with E-state index in [9.17, 15) is 17.6 Å². The van der Waals surface area contributed by atoms with E-state index in [4.69, 9.17) is 9.47 Å². The van der Waals surface area contributed by atoms with Crippen LogP contribution in [-0.2, 0) is 14.8 Å². The Morgan fingerprint density at radius 1 is 1.14 bits per heavy atom. The number of ether oxygens (including phenoxy) is 2. The van der Waals surface area contributed by atoms with Gasteiger partial charge < -0.3 is 14.8 Å². The molecule has 0 saturated carbocycles. The summed E-state index contributed by atoms with van der Waals surface area (Å²) in [6.07, 6.45) is 0.970. The van der Waals surface area contributed by atoms with E-state index in [1.54, 1.807) is 38.3 Å². The van der Waals surface area contributed by atoms with Gasteiger partial charge in [0, 0.05) is 0 Å². The minimum Gasteiger partial charge on any atom is -0.497 e. The summed E-state index contributed by atoms with van der Waals surface area (Å²) in [6.45, 7) is 3.36. The highest BCUT2D eigenvalue weighted by atomic mass is 32.2. The van der Waals surface area contributed by atoms with Gasteiger partial charge in [-0.25, -0.2) is 12.8 Å². The van der Waals surface area contributed by atoms with Crippen molar-refractivity contribution in [2.75, 3.05) is 24.3 Å². The van der Waals surface area contributed by atoms with E-state index in [0.717, 1.165) is 16.6 Å². The zero-order chi connectivity index (χ0) is 21.6. The molecule has 0 aliphatic rings. The maximum Gasteiger partial charge on any atom is 0.243 e. The molecule has 1 N–H and O–H groups in total. The number of sulfonamides is 1. The number of carbonyl (C=O) groups is 1. The van der Waals surface area contributed by atoms with E-state index in [0.29, 0.717) is 11.5 Å². The summed E-state index contributed by atoms with van der Waals surface area (Å²) >= 11 is 0. The molecule has 7 nitrogen and oxygen atoms in total. The Bertz CT molecular complexity index is 934. The molecule has 2 aromatic carbocycles. The Morgan fingerprint density at radius 3 is 2.31 bits per heavy atom. The summed E-state index contributed by atoms with van der Waals surface area (Å²) < 4.78 is 49.6. The van der Waals surface area contributed by atoms with Crippen LogP contribution < -0.4 is 19.1 Å². The maximum atomic E-state index is 13.6. The summed E-state index contributed by atoms with van der Waals surface area (Å²) in [7, 11) is -2.25. The minimum atomic E-state index is -3.81. The van der Waals surface area contributed by atoms with Crippen molar-refractivity contribution in [2.45, 2.75) is 25.9 Å². The van der Waals surface area contributed by atoms with Crippen molar-refractivity contribution in [3.63, 3.8) is 0 Å². The molecule has 0 spiro atoms.